The summed E-state index contributed by atoms with van der Waals surface area (Å²) in [5.41, 5.74) is 6.96. The third kappa shape index (κ3) is 2.96. The zero-order chi connectivity index (χ0) is 14.7. The first-order valence-electron chi connectivity index (χ1n) is 7.95. The summed E-state index contributed by atoms with van der Waals surface area (Å²) in [5.74, 6) is 0. The summed E-state index contributed by atoms with van der Waals surface area (Å²) in [4.78, 5) is 2.49. The molecular formula is C19H24N2. The minimum Gasteiger partial charge on any atom is -0.341 e. The van der Waals surface area contributed by atoms with E-state index in [9.17, 15) is 0 Å². The van der Waals surface area contributed by atoms with Gasteiger partial charge in [0.2, 0.25) is 0 Å². The van der Waals surface area contributed by atoms with Crippen molar-refractivity contribution in [2.45, 2.75) is 33.2 Å². The molecule has 0 radical (unpaired) electrons. The SMILES string of the molecule is CCNCc1ccccc1N1CCCc2cc(C)ccc21. The summed E-state index contributed by atoms with van der Waals surface area (Å²) < 4.78 is 0. The van der Waals surface area contributed by atoms with Crippen LogP contribution in [-0.4, -0.2) is 13.1 Å². The monoisotopic (exact) mass is 280 g/mol. The molecule has 0 aromatic heterocycles. The van der Waals surface area contributed by atoms with Gasteiger partial charge in [-0.3, -0.25) is 0 Å². The van der Waals surface area contributed by atoms with Gasteiger partial charge in [-0.25, -0.2) is 0 Å². The van der Waals surface area contributed by atoms with Gasteiger partial charge in [0.05, 0.1) is 0 Å². The molecule has 0 spiro atoms. The van der Waals surface area contributed by atoms with Crippen molar-refractivity contribution in [3.05, 3.63) is 59.2 Å². The molecule has 2 heteroatoms. The summed E-state index contributed by atoms with van der Waals surface area (Å²) in [5, 5.41) is 3.45. The molecule has 2 nitrogen and oxygen atoms in total. The highest BCUT2D eigenvalue weighted by atomic mass is 15.1. The number of benzene rings is 2. The van der Waals surface area contributed by atoms with Gasteiger partial charge in [-0.2, -0.15) is 0 Å². The summed E-state index contributed by atoms with van der Waals surface area (Å²) in [6.45, 7) is 7.38. The van der Waals surface area contributed by atoms with Crippen LogP contribution in [0.4, 0.5) is 11.4 Å². The third-order valence-corrected chi connectivity index (χ3v) is 4.20. The third-order valence-electron chi connectivity index (χ3n) is 4.20. The Morgan fingerprint density at radius 3 is 2.81 bits per heavy atom. The molecule has 0 aliphatic carbocycles. The number of rotatable bonds is 4. The van der Waals surface area contributed by atoms with Gasteiger partial charge in [0.1, 0.15) is 0 Å². The van der Waals surface area contributed by atoms with Crippen molar-refractivity contribution in [1.29, 1.82) is 0 Å². The molecule has 21 heavy (non-hydrogen) atoms. The minimum absolute atomic E-state index is 0.935. The summed E-state index contributed by atoms with van der Waals surface area (Å²) in [7, 11) is 0. The lowest BCUT2D eigenvalue weighted by molar-refractivity contribution is 0.717. The molecule has 0 saturated heterocycles. The standard InChI is InChI=1S/C19H24N2/c1-3-20-14-17-7-4-5-9-18(17)21-12-6-8-16-13-15(2)10-11-19(16)21/h4-5,7,9-11,13,20H,3,6,8,12,14H2,1-2H3. The molecule has 1 aliphatic heterocycles. The molecule has 2 aromatic rings. The number of anilines is 2. The second kappa shape index (κ2) is 6.31. The molecule has 0 unspecified atom stereocenters. The van der Waals surface area contributed by atoms with Crippen LogP contribution < -0.4 is 10.2 Å². The highest BCUT2D eigenvalue weighted by molar-refractivity contribution is 5.70. The lowest BCUT2D eigenvalue weighted by Crippen LogP contribution is -2.26. The highest BCUT2D eigenvalue weighted by Crippen LogP contribution is 2.35. The van der Waals surface area contributed by atoms with E-state index >= 15 is 0 Å². The fourth-order valence-electron chi connectivity index (χ4n) is 3.16. The molecule has 0 bridgehead atoms. The zero-order valence-electron chi connectivity index (χ0n) is 13.0. The summed E-state index contributed by atoms with van der Waals surface area (Å²) in [6.07, 6.45) is 2.43. The summed E-state index contributed by atoms with van der Waals surface area (Å²) in [6, 6.07) is 15.6. The summed E-state index contributed by atoms with van der Waals surface area (Å²) >= 11 is 0. The topological polar surface area (TPSA) is 15.3 Å². The van der Waals surface area contributed by atoms with Crippen LogP contribution in [0.2, 0.25) is 0 Å². The van der Waals surface area contributed by atoms with Gasteiger partial charge in [-0.05, 0) is 49.6 Å². The maximum atomic E-state index is 3.45. The Kier molecular flexibility index (Phi) is 4.26. The molecule has 2 aromatic carbocycles. The van der Waals surface area contributed by atoms with Crippen molar-refractivity contribution >= 4 is 11.4 Å². The Balaban J connectivity index is 1.99. The predicted octanol–water partition coefficient (Wildman–Crippen LogP) is 4.19. The molecular weight excluding hydrogens is 256 g/mol. The molecule has 1 N–H and O–H groups in total. The van der Waals surface area contributed by atoms with E-state index in [0.717, 1.165) is 19.6 Å². The lowest BCUT2D eigenvalue weighted by atomic mass is 9.98. The van der Waals surface area contributed by atoms with Gasteiger partial charge in [0.15, 0.2) is 0 Å². The smallest absolute Gasteiger partial charge is 0.0456 e. The molecule has 3 rings (SSSR count). The van der Waals surface area contributed by atoms with Crippen molar-refractivity contribution in [2.24, 2.45) is 0 Å². The second-order valence-corrected chi connectivity index (χ2v) is 5.80. The fraction of sp³-hybridized carbons (Fsp3) is 0.368. The number of nitrogens with zero attached hydrogens (tertiary/aromatic N) is 1. The minimum atomic E-state index is 0.935. The molecule has 110 valence electrons. The molecule has 0 atom stereocenters. The zero-order valence-corrected chi connectivity index (χ0v) is 13.0. The van der Waals surface area contributed by atoms with Crippen LogP contribution >= 0.6 is 0 Å². The average Bonchev–Trinajstić information content (AvgIpc) is 2.52. The first-order chi connectivity index (χ1) is 10.3. The van der Waals surface area contributed by atoms with E-state index in [4.69, 9.17) is 0 Å². The van der Waals surface area contributed by atoms with Gasteiger partial charge < -0.3 is 10.2 Å². The van der Waals surface area contributed by atoms with Crippen molar-refractivity contribution in [2.75, 3.05) is 18.0 Å². The van der Waals surface area contributed by atoms with Gasteiger partial charge in [0.25, 0.3) is 0 Å². The number of nitrogens with one attached hydrogen (secondary N) is 1. The van der Waals surface area contributed by atoms with Crippen molar-refractivity contribution in [3.63, 3.8) is 0 Å². The number of hydrogen-bond acceptors (Lipinski definition) is 2. The molecule has 1 heterocycles. The largest absolute Gasteiger partial charge is 0.341 e. The number of aryl methyl sites for hydroxylation is 2. The number of fused-ring (bicyclic) bond motifs is 1. The fourth-order valence-corrected chi connectivity index (χ4v) is 3.16. The van der Waals surface area contributed by atoms with E-state index in [-0.39, 0.29) is 0 Å². The molecule has 0 amide bonds. The molecule has 0 fully saturated rings. The quantitative estimate of drug-likeness (QED) is 0.903. The average molecular weight is 280 g/mol. The Hall–Kier alpha value is -1.80. The maximum absolute atomic E-state index is 3.45. The van der Waals surface area contributed by atoms with Gasteiger partial charge in [0, 0.05) is 24.5 Å². The van der Waals surface area contributed by atoms with E-state index in [0.29, 0.717) is 0 Å². The Labute approximate surface area is 127 Å². The van der Waals surface area contributed by atoms with Crippen molar-refractivity contribution in [3.8, 4) is 0 Å². The van der Waals surface area contributed by atoms with Crippen LogP contribution in [0, 0.1) is 6.92 Å². The van der Waals surface area contributed by atoms with Crippen LogP contribution in [0.25, 0.3) is 0 Å². The van der Waals surface area contributed by atoms with E-state index in [1.807, 2.05) is 0 Å². The molecule has 0 saturated carbocycles. The van der Waals surface area contributed by atoms with Gasteiger partial charge >= 0.3 is 0 Å². The Morgan fingerprint density at radius 1 is 1.10 bits per heavy atom. The van der Waals surface area contributed by atoms with Crippen molar-refractivity contribution in [1.82, 2.24) is 5.32 Å². The number of hydrogen-bond donors (Lipinski definition) is 1. The Bertz CT molecular complexity index is 619. The Morgan fingerprint density at radius 2 is 1.95 bits per heavy atom. The van der Waals surface area contributed by atoms with Crippen LogP contribution in [0.5, 0.6) is 0 Å². The first kappa shape index (κ1) is 14.2. The van der Waals surface area contributed by atoms with Crippen LogP contribution in [-0.2, 0) is 13.0 Å². The lowest BCUT2D eigenvalue weighted by Gasteiger charge is -2.33. The first-order valence-corrected chi connectivity index (χ1v) is 7.95. The number of para-hydroxylation sites is 1. The molecule has 1 aliphatic rings. The van der Waals surface area contributed by atoms with Crippen LogP contribution in [0.15, 0.2) is 42.5 Å². The van der Waals surface area contributed by atoms with Crippen LogP contribution in [0.3, 0.4) is 0 Å². The van der Waals surface area contributed by atoms with Gasteiger partial charge in [-0.1, -0.05) is 42.8 Å². The van der Waals surface area contributed by atoms with E-state index < -0.39 is 0 Å². The normalized spacial score (nSPS) is 14.1. The van der Waals surface area contributed by atoms with Crippen molar-refractivity contribution < 1.29 is 0 Å². The highest BCUT2D eigenvalue weighted by Gasteiger charge is 2.19. The van der Waals surface area contributed by atoms with E-state index in [2.05, 4.69) is 66.5 Å². The van der Waals surface area contributed by atoms with E-state index in [1.54, 1.807) is 0 Å². The maximum Gasteiger partial charge on any atom is 0.0456 e. The van der Waals surface area contributed by atoms with Crippen LogP contribution in [0.1, 0.15) is 30.0 Å². The second-order valence-electron chi connectivity index (χ2n) is 5.80. The van der Waals surface area contributed by atoms with Gasteiger partial charge in [-0.15, -0.1) is 0 Å². The van der Waals surface area contributed by atoms with E-state index in [1.165, 1.54) is 40.9 Å². The predicted molar refractivity (Wildman–Crippen MR) is 90.3 cm³/mol.